The Morgan fingerprint density at radius 3 is 2.81 bits per heavy atom. The minimum Gasteiger partial charge on any atom is -0.356 e. The number of nitrogens with zero attached hydrogens (tertiary/aromatic N) is 2. The van der Waals surface area contributed by atoms with E-state index in [2.05, 4.69) is 15.8 Å². The van der Waals surface area contributed by atoms with Crippen LogP contribution in [0.5, 0.6) is 0 Å². The summed E-state index contributed by atoms with van der Waals surface area (Å²) in [5, 5.41) is 8.93. The lowest BCUT2D eigenvalue weighted by Crippen LogP contribution is -2.50. The lowest BCUT2D eigenvalue weighted by Gasteiger charge is -2.26. The number of hydrogen-bond donors (Lipinski definition) is 2. The Morgan fingerprint density at radius 1 is 1.31 bits per heavy atom. The molecule has 1 aliphatic rings. The van der Waals surface area contributed by atoms with Crippen molar-refractivity contribution in [3.8, 4) is 11.3 Å². The van der Waals surface area contributed by atoms with E-state index in [-0.39, 0.29) is 37.7 Å². The number of urea groups is 1. The number of amides is 4. The van der Waals surface area contributed by atoms with Crippen LogP contribution < -0.4 is 10.6 Å². The lowest BCUT2D eigenvalue weighted by molar-refractivity contribution is -0.121. The van der Waals surface area contributed by atoms with E-state index in [1.807, 2.05) is 31.2 Å². The van der Waals surface area contributed by atoms with E-state index in [4.69, 9.17) is 4.52 Å². The van der Waals surface area contributed by atoms with Gasteiger partial charge in [-0.3, -0.25) is 14.9 Å². The lowest BCUT2D eigenvalue weighted by atomic mass is 10.1. The van der Waals surface area contributed by atoms with Gasteiger partial charge in [0.2, 0.25) is 11.8 Å². The van der Waals surface area contributed by atoms with Crippen LogP contribution in [-0.4, -0.2) is 41.0 Å². The van der Waals surface area contributed by atoms with E-state index in [0.29, 0.717) is 18.0 Å². The molecule has 8 heteroatoms. The molecule has 0 saturated carbocycles. The molecule has 136 valence electrons. The summed E-state index contributed by atoms with van der Waals surface area (Å²) in [6.45, 7) is 2.86. The highest BCUT2D eigenvalue weighted by molar-refractivity contribution is 5.96. The molecule has 1 saturated heterocycles. The van der Waals surface area contributed by atoms with Crippen molar-refractivity contribution in [3.05, 3.63) is 41.6 Å². The highest BCUT2D eigenvalue weighted by atomic mass is 16.5. The van der Waals surface area contributed by atoms with Crippen molar-refractivity contribution in [1.29, 1.82) is 0 Å². The molecule has 1 aromatic heterocycles. The maximum Gasteiger partial charge on any atom is 0.324 e. The molecule has 1 aromatic carbocycles. The van der Waals surface area contributed by atoms with Crippen molar-refractivity contribution < 1.29 is 18.9 Å². The molecule has 0 radical (unpaired) electrons. The van der Waals surface area contributed by atoms with Crippen LogP contribution in [0.4, 0.5) is 4.79 Å². The summed E-state index contributed by atoms with van der Waals surface area (Å²) in [5.41, 5.74) is 2.70. The second kappa shape index (κ2) is 7.81. The van der Waals surface area contributed by atoms with Gasteiger partial charge in [-0.25, -0.2) is 4.79 Å². The molecule has 0 spiro atoms. The van der Waals surface area contributed by atoms with Crippen molar-refractivity contribution in [2.75, 3.05) is 13.1 Å². The Labute approximate surface area is 150 Å². The van der Waals surface area contributed by atoms with E-state index >= 15 is 0 Å². The van der Waals surface area contributed by atoms with Gasteiger partial charge in [-0.15, -0.1) is 0 Å². The Hall–Kier alpha value is -3.16. The van der Waals surface area contributed by atoms with Gasteiger partial charge >= 0.3 is 6.03 Å². The maximum atomic E-state index is 11.9. The Kier molecular flexibility index (Phi) is 5.31. The molecule has 0 aliphatic carbocycles. The van der Waals surface area contributed by atoms with Crippen LogP contribution in [0.15, 0.2) is 34.9 Å². The molecule has 1 aliphatic heterocycles. The number of imide groups is 1. The van der Waals surface area contributed by atoms with E-state index < -0.39 is 6.03 Å². The summed E-state index contributed by atoms with van der Waals surface area (Å²) in [6.07, 6.45) is 0.415. The SMILES string of the molecule is Cc1ccc(-c2cc(CNC(=O)CCN3CCC(=O)NC3=O)no2)cc1. The number of carbonyl (C=O) groups is 3. The first-order valence-electron chi connectivity index (χ1n) is 8.39. The molecule has 26 heavy (non-hydrogen) atoms. The Bertz CT molecular complexity index is 813. The number of rotatable bonds is 6. The van der Waals surface area contributed by atoms with E-state index in [9.17, 15) is 14.4 Å². The maximum absolute atomic E-state index is 11.9. The predicted octanol–water partition coefficient (Wildman–Crippen LogP) is 1.60. The van der Waals surface area contributed by atoms with Gasteiger partial charge in [-0.1, -0.05) is 35.0 Å². The van der Waals surface area contributed by atoms with Gasteiger partial charge < -0.3 is 14.7 Å². The normalized spacial score (nSPS) is 14.3. The fraction of sp³-hybridized carbons (Fsp3) is 0.333. The average Bonchev–Trinajstić information content (AvgIpc) is 3.09. The molecule has 8 nitrogen and oxygen atoms in total. The zero-order valence-corrected chi connectivity index (χ0v) is 14.4. The third-order valence-corrected chi connectivity index (χ3v) is 4.11. The minimum absolute atomic E-state index is 0.157. The Morgan fingerprint density at radius 2 is 2.08 bits per heavy atom. The number of benzene rings is 1. The first kappa shape index (κ1) is 17.7. The zero-order chi connectivity index (χ0) is 18.5. The summed E-state index contributed by atoms with van der Waals surface area (Å²) in [6, 6.07) is 9.22. The predicted molar refractivity (Wildman–Crippen MR) is 92.9 cm³/mol. The van der Waals surface area contributed by atoms with E-state index in [1.165, 1.54) is 4.90 Å². The van der Waals surface area contributed by atoms with Crippen molar-refractivity contribution in [1.82, 2.24) is 20.7 Å². The van der Waals surface area contributed by atoms with Crippen LogP contribution in [-0.2, 0) is 16.1 Å². The molecule has 3 rings (SSSR count). The van der Waals surface area contributed by atoms with Crippen LogP contribution in [0.1, 0.15) is 24.1 Å². The van der Waals surface area contributed by atoms with Crippen molar-refractivity contribution >= 4 is 17.8 Å². The number of hydrogen-bond acceptors (Lipinski definition) is 5. The molecular weight excluding hydrogens is 336 g/mol. The monoisotopic (exact) mass is 356 g/mol. The van der Waals surface area contributed by atoms with Gasteiger partial charge in [0, 0.05) is 37.6 Å². The highest BCUT2D eigenvalue weighted by Gasteiger charge is 2.23. The van der Waals surface area contributed by atoms with Crippen molar-refractivity contribution in [3.63, 3.8) is 0 Å². The number of nitrogens with one attached hydrogen (secondary N) is 2. The van der Waals surface area contributed by atoms with Gasteiger partial charge in [0.15, 0.2) is 5.76 Å². The molecule has 2 N–H and O–H groups in total. The van der Waals surface area contributed by atoms with Gasteiger partial charge in [0.1, 0.15) is 5.69 Å². The topological polar surface area (TPSA) is 105 Å². The van der Waals surface area contributed by atoms with E-state index in [0.717, 1.165) is 11.1 Å². The number of aromatic nitrogens is 1. The van der Waals surface area contributed by atoms with Gasteiger partial charge in [0.05, 0.1) is 6.54 Å². The Balaban J connectivity index is 1.45. The molecule has 1 fully saturated rings. The third-order valence-electron chi connectivity index (χ3n) is 4.11. The van der Waals surface area contributed by atoms with Crippen molar-refractivity contribution in [2.45, 2.75) is 26.3 Å². The molecule has 0 bridgehead atoms. The van der Waals surface area contributed by atoms with Crippen LogP contribution in [0.2, 0.25) is 0 Å². The number of carbonyl (C=O) groups excluding carboxylic acids is 3. The molecule has 0 atom stereocenters. The molecular formula is C18H20N4O4. The molecule has 4 amide bonds. The van der Waals surface area contributed by atoms with Crippen molar-refractivity contribution in [2.24, 2.45) is 0 Å². The molecule has 0 unspecified atom stereocenters. The summed E-state index contributed by atoms with van der Waals surface area (Å²) in [5.74, 6) is 0.157. The fourth-order valence-electron chi connectivity index (χ4n) is 2.58. The number of aryl methyl sites for hydroxylation is 1. The quantitative estimate of drug-likeness (QED) is 0.818. The largest absolute Gasteiger partial charge is 0.356 e. The van der Waals surface area contributed by atoms with Crippen LogP contribution in [0.3, 0.4) is 0 Å². The van der Waals surface area contributed by atoms with Gasteiger partial charge in [-0.05, 0) is 6.92 Å². The van der Waals surface area contributed by atoms with Gasteiger partial charge in [-0.2, -0.15) is 0 Å². The second-order valence-corrected chi connectivity index (χ2v) is 6.17. The van der Waals surface area contributed by atoms with Crippen LogP contribution in [0, 0.1) is 6.92 Å². The standard InChI is InChI=1S/C18H20N4O4/c1-12-2-4-13(5-3-12)15-10-14(21-26-15)11-19-16(23)6-8-22-9-7-17(24)20-18(22)25/h2-5,10H,6-9,11H2,1H3,(H,19,23)(H,20,24,25). The highest BCUT2D eigenvalue weighted by Crippen LogP contribution is 2.20. The summed E-state index contributed by atoms with van der Waals surface area (Å²) in [4.78, 5) is 36.1. The molecule has 2 heterocycles. The summed E-state index contributed by atoms with van der Waals surface area (Å²) in [7, 11) is 0. The summed E-state index contributed by atoms with van der Waals surface area (Å²) < 4.78 is 5.31. The first-order chi connectivity index (χ1) is 12.5. The van der Waals surface area contributed by atoms with Crippen LogP contribution in [0.25, 0.3) is 11.3 Å². The summed E-state index contributed by atoms with van der Waals surface area (Å²) >= 11 is 0. The zero-order valence-electron chi connectivity index (χ0n) is 14.4. The van der Waals surface area contributed by atoms with E-state index in [1.54, 1.807) is 6.07 Å². The average molecular weight is 356 g/mol. The second-order valence-electron chi connectivity index (χ2n) is 6.17. The van der Waals surface area contributed by atoms with Gasteiger partial charge in [0.25, 0.3) is 0 Å². The van der Waals surface area contributed by atoms with Crippen LogP contribution >= 0.6 is 0 Å². The molecule has 2 aromatic rings. The first-order valence-corrected chi connectivity index (χ1v) is 8.39. The smallest absolute Gasteiger partial charge is 0.324 e. The fourth-order valence-corrected chi connectivity index (χ4v) is 2.58. The third kappa shape index (κ3) is 4.47. The minimum atomic E-state index is -0.451.